The van der Waals surface area contributed by atoms with E-state index in [1.807, 2.05) is 41.3 Å². The van der Waals surface area contributed by atoms with E-state index in [1.165, 1.54) is 23.4 Å². The van der Waals surface area contributed by atoms with E-state index in [0.29, 0.717) is 6.54 Å². The molecule has 2 aliphatic rings. The summed E-state index contributed by atoms with van der Waals surface area (Å²) < 4.78 is 2.11. The van der Waals surface area contributed by atoms with Gasteiger partial charge in [-0.2, -0.15) is 5.10 Å². The number of benzene rings is 1. The van der Waals surface area contributed by atoms with Gasteiger partial charge in [-0.15, -0.1) is 0 Å². The van der Waals surface area contributed by atoms with Crippen molar-refractivity contribution in [3.63, 3.8) is 0 Å². The van der Waals surface area contributed by atoms with Crippen LogP contribution in [0.5, 0.6) is 0 Å². The van der Waals surface area contributed by atoms with Crippen LogP contribution >= 0.6 is 0 Å². The van der Waals surface area contributed by atoms with E-state index in [2.05, 4.69) is 9.78 Å². The molecule has 4 rings (SSSR count). The number of aryl methyl sites for hydroxylation is 1. The first-order valence-corrected chi connectivity index (χ1v) is 7.91. The smallest absolute Gasteiger partial charge is 0.246 e. The molecule has 1 amide bonds. The number of nitrogens with zero attached hydrogens (tertiary/aromatic N) is 3. The lowest BCUT2D eigenvalue weighted by atomic mass is 10.1. The maximum Gasteiger partial charge on any atom is 0.246 e. The third-order valence-electron chi connectivity index (χ3n) is 4.54. The van der Waals surface area contributed by atoms with Crippen molar-refractivity contribution in [1.82, 2.24) is 14.7 Å². The van der Waals surface area contributed by atoms with Crippen LogP contribution in [0, 0.1) is 0 Å². The van der Waals surface area contributed by atoms with Crippen LogP contribution in [0.1, 0.15) is 28.9 Å². The van der Waals surface area contributed by atoms with Gasteiger partial charge in [0.15, 0.2) is 0 Å². The lowest BCUT2D eigenvalue weighted by Crippen LogP contribution is -2.37. The molecule has 0 fully saturated rings. The largest absolute Gasteiger partial charge is 0.331 e. The third kappa shape index (κ3) is 2.34. The molecular formula is C18H19N3O. The van der Waals surface area contributed by atoms with Gasteiger partial charge < -0.3 is 4.90 Å². The van der Waals surface area contributed by atoms with E-state index in [9.17, 15) is 4.79 Å². The van der Waals surface area contributed by atoms with Gasteiger partial charge in [0, 0.05) is 12.6 Å². The van der Waals surface area contributed by atoms with Gasteiger partial charge in [-0.3, -0.25) is 9.48 Å². The highest BCUT2D eigenvalue weighted by molar-refractivity contribution is 5.91. The summed E-state index contributed by atoms with van der Waals surface area (Å²) in [5, 5.41) is 4.68. The monoisotopic (exact) mass is 293 g/mol. The predicted octanol–water partition coefficient (Wildman–Crippen LogP) is 2.43. The summed E-state index contributed by atoms with van der Waals surface area (Å²) in [5.74, 6) is 0.0862. The summed E-state index contributed by atoms with van der Waals surface area (Å²) in [6.45, 7) is 2.25. The van der Waals surface area contributed by atoms with Crippen molar-refractivity contribution in [1.29, 1.82) is 0 Å². The molecule has 0 unspecified atom stereocenters. The Morgan fingerprint density at radius 3 is 2.86 bits per heavy atom. The van der Waals surface area contributed by atoms with Gasteiger partial charge in [0.2, 0.25) is 5.91 Å². The van der Waals surface area contributed by atoms with Gasteiger partial charge in [-0.25, -0.2) is 0 Å². The van der Waals surface area contributed by atoms with Crippen molar-refractivity contribution in [2.24, 2.45) is 0 Å². The second-order valence-electron chi connectivity index (χ2n) is 5.95. The van der Waals surface area contributed by atoms with Crippen molar-refractivity contribution in [2.75, 3.05) is 6.54 Å². The van der Waals surface area contributed by atoms with Crippen LogP contribution < -0.4 is 0 Å². The number of hydrogen-bond acceptors (Lipinski definition) is 2. The average molecular weight is 293 g/mol. The highest BCUT2D eigenvalue weighted by Gasteiger charge is 2.27. The minimum Gasteiger partial charge on any atom is -0.331 e. The molecule has 0 saturated carbocycles. The molecule has 22 heavy (non-hydrogen) atoms. The first kappa shape index (κ1) is 13.3. The molecule has 0 atom stereocenters. The standard InChI is InChI=1S/C18H19N3O/c22-18(10-9-14-5-2-1-3-6-14)20-11-12-21-17(13-20)15-7-4-8-16(15)19-21/h1-3,5-6,9-10H,4,7-8,11-13H2. The summed E-state index contributed by atoms with van der Waals surface area (Å²) in [6, 6.07) is 9.94. The first-order valence-electron chi connectivity index (χ1n) is 7.91. The highest BCUT2D eigenvalue weighted by Crippen LogP contribution is 2.27. The Bertz CT molecular complexity index is 730. The van der Waals surface area contributed by atoms with Crippen LogP contribution in [-0.4, -0.2) is 27.1 Å². The van der Waals surface area contributed by atoms with Gasteiger partial charge in [-0.05, 0) is 36.5 Å². The zero-order valence-electron chi connectivity index (χ0n) is 12.5. The number of rotatable bonds is 2. The molecular weight excluding hydrogens is 274 g/mol. The van der Waals surface area contributed by atoms with Crippen LogP contribution in [0.25, 0.3) is 6.08 Å². The fourth-order valence-corrected chi connectivity index (χ4v) is 3.37. The molecule has 2 aromatic rings. The number of fused-ring (bicyclic) bond motifs is 3. The number of hydrogen-bond donors (Lipinski definition) is 0. The van der Waals surface area contributed by atoms with Crippen molar-refractivity contribution < 1.29 is 4.79 Å². The molecule has 1 aromatic heterocycles. The van der Waals surface area contributed by atoms with E-state index in [4.69, 9.17) is 0 Å². The van der Waals surface area contributed by atoms with Gasteiger partial charge in [0.25, 0.3) is 0 Å². The number of amides is 1. The Balaban J connectivity index is 1.50. The molecule has 2 heterocycles. The number of aromatic nitrogens is 2. The molecule has 0 bridgehead atoms. The molecule has 0 N–H and O–H groups in total. The fourth-order valence-electron chi connectivity index (χ4n) is 3.37. The molecule has 0 spiro atoms. The topological polar surface area (TPSA) is 38.1 Å². The minimum absolute atomic E-state index is 0.0862. The Morgan fingerprint density at radius 2 is 2.00 bits per heavy atom. The predicted molar refractivity (Wildman–Crippen MR) is 85.1 cm³/mol. The maximum atomic E-state index is 12.4. The summed E-state index contributed by atoms with van der Waals surface area (Å²) in [5.41, 5.74) is 4.95. The zero-order valence-corrected chi connectivity index (χ0v) is 12.5. The van der Waals surface area contributed by atoms with Crippen molar-refractivity contribution in [3.05, 3.63) is 58.9 Å². The summed E-state index contributed by atoms with van der Waals surface area (Å²) >= 11 is 0. The van der Waals surface area contributed by atoms with E-state index < -0.39 is 0 Å². The minimum atomic E-state index is 0.0862. The Kier molecular flexibility index (Phi) is 3.29. The van der Waals surface area contributed by atoms with Crippen molar-refractivity contribution in [2.45, 2.75) is 32.4 Å². The Morgan fingerprint density at radius 1 is 1.14 bits per heavy atom. The molecule has 1 aromatic carbocycles. The lowest BCUT2D eigenvalue weighted by molar-refractivity contribution is -0.127. The summed E-state index contributed by atoms with van der Waals surface area (Å²) in [4.78, 5) is 14.3. The Hall–Kier alpha value is -2.36. The zero-order chi connectivity index (χ0) is 14.9. The fraction of sp³-hybridized carbons (Fsp3) is 0.333. The molecule has 0 saturated heterocycles. The van der Waals surface area contributed by atoms with Crippen molar-refractivity contribution in [3.8, 4) is 0 Å². The summed E-state index contributed by atoms with van der Waals surface area (Å²) in [6.07, 6.45) is 6.98. The van der Waals surface area contributed by atoms with Gasteiger partial charge in [-0.1, -0.05) is 30.3 Å². The highest BCUT2D eigenvalue weighted by atomic mass is 16.2. The van der Waals surface area contributed by atoms with E-state index in [1.54, 1.807) is 6.08 Å². The molecule has 4 nitrogen and oxygen atoms in total. The number of carbonyl (C=O) groups is 1. The molecule has 0 radical (unpaired) electrons. The van der Waals surface area contributed by atoms with Crippen LogP contribution in [-0.2, 0) is 30.7 Å². The second kappa shape index (κ2) is 5.44. The number of carbonyl (C=O) groups excluding carboxylic acids is 1. The quantitative estimate of drug-likeness (QED) is 0.798. The normalized spacial score (nSPS) is 16.8. The lowest BCUT2D eigenvalue weighted by Gasteiger charge is -2.27. The molecule has 4 heteroatoms. The van der Waals surface area contributed by atoms with Gasteiger partial charge >= 0.3 is 0 Å². The Labute approximate surface area is 130 Å². The molecule has 112 valence electrons. The van der Waals surface area contributed by atoms with Crippen molar-refractivity contribution >= 4 is 12.0 Å². The van der Waals surface area contributed by atoms with E-state index >= 15 is 0 Å². The van der Waals surface area contributed by atoms with Crippen LogP contribution in [0.2, 0.25) is 0 Å². The molecule has 1 aliphatic heterocycles. The maximum absolute atomic E-state index is 12.4. The second-order valence-corrected chi connectivity index (χ2v) is 5.95. The van der Waals surface area contributed by atoms with Gasteiger partial charge in [0.05, 0.1) is 24.5 Å². The van der Waals surface area contributed by atoms with Crippen LogP contribution in [0.3, 0.4) is 0 Å². The van der Waals surface area contributed by atoms with Gasteiger partial charge in [0.1, 0.15) is 0 Å². The first-order chi connectivity index (χ1) is 10.8. The van der Waals surface area contributed by atoms with Crippen LogP contribution in [0.15, 0.2) is 36.4 Å². The SMILES string of the molecule is O=C(C=Cc1ccccc1)N1CCn2nc3c(c2C1)CCC3. The van der Waals surface area contributed by atoms with E-state index in [-0.39, 0.29) is 5.91 Å². The summed E-state index contributed by atoms with van der Waals surface area (Å²) in [7, 11) is 0. The third-order valence-corrected chi connectivity index (χ3v) is 4.54. The van der Waals surface area contributed by atoms with E-state index in [0.717, 1.165) is 31.5 Å². The molecule has 1 aliphatic carbocycles. The van der Waals surface area contributed by atoms with Crippen LogP contribution in [0.4, 0.5) is 0 Å². The average Bonchev–Trinajstić information content (AvgIpc) is 3.14.